The second-order valence-electron chi connectivity index (χ2n) is 8.07. The molecule has 1 heterocycles. The van der Waals surface area contributed by atoms with Crippen LogP contribution in [0.4, 0.5) is 10.8 Å². The van der Waals surface area contributed by atoms with Crippen LogP contribution < -0.4 is 24.8 Å². The van der Waals surface area contributed by atoms with Gasteiger partial charge in [0.05, 0.1) is 32.3 Å². The van der Waals surface area contributed by atoms with Gasteiger partial charge >= 0.3 is 0 Å². The van der Waals surface area contributed by atoms with Gasteiger partial charge in [-0.25, -0.2) is 4.98 Å². The fourth-order valence-electron chi connectivity index (χ4n) is 3.51. The van der Waals surface area contributed by atoms with Crippen molar-refractivity contribution in [1.29, 1.82) is 0 Å². The van der Waals surface area contributed by atoms with Crippen molar-refractivity contribution in [2.24, 2.45) is 0 Å². The Morgan fingerprint density at radius 2 is 1.66 bits per heavy atom. The second kappa shape index (κ2) is 12.5. The molecule has 0 spiro atoms. The predicted molar refractivity (Wildman–Crippen MR) is 152 cm³/mol. The summed E-state index contributed by atoms with van der Waals surface area (Å²) < 4.78 is 15.8. The maximum atomic E-state index is 12.8. The van der Waals surface area contributed by atoms with Gasteiger partial charge in [0.2, 0.25) is 5.91 Å². The first-order valence-corrected chi connectivity index (χ1v) is 13.4. The lowest BCUT2D eigenvalue weighted by Gasteiger charge is -2.11. The standard InChI is InChI=1S/C28H27N3O5S2/c1-17(26(32)31-28-30-23(16-37-28)18-8-13-24(35-3)25(15-18)36-4)38-22-11-9-20(10-12-22)29-27(33)19-6-5-7-21(14-19)34-2/h5-17H,1-4H3,(H,29,33)(H,30,31,32). The van der Waals surface area contributed by atoms with Gasteiger partial charge in [-0.05, 0) is 67.6 Å². The minimum absolute atomic E-state index is 0.154. The van der Waals surface area contributed by atoms with E-state index >= 15 is 0 Å². The number of carbonyl (C=O) groups excluding carboxylic acids is 2. The van der Waals surface area contributed by atoms with E-state index in [1.54, 1.807) is 57.7 Å². The number of carbonyl (C=O) groups is 2. The molecule has 2 N–H and O–H groups in total. The third-order valence-corrected chi connectivity index (χ3v) is 7.41. The predicted octanol–water partition coefficient (Wildman–Crippen LogP) is 6.21. The molecule has 0 bridgehead atoms. The summed E-state index contributed by atoms with van der Waals surface area (Å²) in [7, 11) is 4.73. The smallest absolute Gasteiger partial charge is 0.255 e. The van der Waals surface area contributed by atoms with Gasteiger partial charge in [0.1, 0.15) is 5.75 Å². The zero-order valence-corrected chi connectivity index (χ0v) is 22.9. The monoisotopic (exact) mass is 549 g/mol. The van der Waals surface area contributed by atoms with E-state index in [0.29, 0.717) is 33.6 Å². The summed E-state index contributed by atoms with van der Waals surface area (Å²) in [5.74, 6) is 1.48. The van der Waals surface area contributed by atoms with Crippen LogP contribution >= 0.6 is 23.1 Å². The van der Waals surface area contributed by atoms with Crippen molar-refractivity contribution in [3.63, 3.8) is 0 Å². The van der Waals surface area contributed by atoms with E-state index in [0.717, 1.165) is 16.2 Å². The molecule has 0 radical (unpaired) electrons. The van der Waals surface area contributed by atoms with Gasteiger partial charge in [0, 0.05) is 27.1 Å². The van der Waals surface area contributed by atoms with Crippen LogP contribution in [0.3, 0.4) is 0 Å². The molecule has 0 saturated heterocycles. The van der Waals surface area contributed by atoms with E-state index in [9.17, 15) is 9.59 Å². The third kappa shape index (κ3) is 6.64. The van der Waals surface area contributed by atoms with Gasteiger partial charge in [0.15, 0.2) is 16.6 Å². The molecule has 0 saturated carbocycles. The molecule has 3 aromatic carbocycles. The van der Waals surface area contributed by atoms with Crippen molar-refractivity contribution < 1.29 is 23.8 Å². The van der Waals surface area contributed by atoms with Gasteiger partial charge in [0.25, 0.3) is 5.91 Å². The van der Waals surface area contributed by atoms with Crippen molar-refractivity contribution in [2.45, 2.75) is 17.1 Å². The highest BCUT2D eigenvalue weighted by Crippen LogP contribution is 2.34. The van der Waals surface area contributed by atoms with Crippen molar-refractivity contribution in [3.8, 4) is 28.5 Å². The van der Waals surface area contributed by atoms with Crippen molar-refractivity contribution in [3.05, 3.63) is 77.7 Å². The minimum Gasteiger partial charge on any atom is -0.497 e. The number of benzene rings is 3. The first-order chi connectivity index (χ1) is 18.4. The van der Waals surface area contributed by atoms with Crippen LogP contribution in [0.2, 0.25) is 0 Å². The summed E-state index contributed by atoms with van der Waals surface area (Å²) in [6.07, 6.45) is 0. The number of hydrogen-bond donors (Lipinski definition) is 2. The number of methoxy groups -OCH3 is 3. The molecule has 4 aromatic rings. The lowest BCUT2D eigenvalue weighted by molar-refractivity contribution is -0.115. The molecular weight excluding hydrogens is 522 g/mol. The summed E-state index contributed by atoms with van der Waals surface area (Å²) in [5, 5.41) is 7.80. The molecule has 0 aliphatic carbocycles. The summed E-state index contributed by atoms with van der Waals surface area (Å²) in [6.45, 7) is 1.83. The molecule has 0 aliphatic rings. The van der Waals surface area contributed by atoms with Gasteiger partial charge < -0.3 is 24.8 Å². The lowest BCUT2D eigenvalue weighted by atomic mass is 10.1. The van der Waals surface area contributed by atoms with E-state index in [2.05, 4.69) is 15.6 Å². The molecule has 1 aromatic heterocycles. The van der Waals surface area contributed by atoms with E-state index in [-0.39, 0.29) is 17.1 Å². The summed E-state index contributed by atoms with van der Waals surface area (Å²) in [6, 6.07) is 19.9. The summed E-state index contributed by atoms with van der Waals surface area (Å²) in [4.78, 5) is 30.8. The molecule has 0 aliphatic heterocycles. The Morgan fingerprint density at radius 1 is 0.895 bits per heavy atom. The number of aromatic nitrogens is 1. The van der Waals surface area contributed by atoms with E-state index < -0.39 is 0 Å². The first-order valence-electron chi connectivity index (χ1n) is 11.6. The molecule has 0 fully saturated rings. The van der Waals surface area contributed by atoms with Crippen LogP contribution in [0.15, 0.2) is 77.0 Å². The fourth-order valence-corrected chi connectivity index (χ4v) is 5.10. The molecule has 1 unspecified atom stereocenters. The number of anilines is 2. The number of nitrogens with one attached hydrogen (secondary N) is 2. The zero-order chi connectivity index (χ0) is 27.1. The molecule has 10 heteroatoms. The van der Waals surface area contributed by atoms with E-state index in [4.69, 9.17) is 14.2 Å². The molecule has 38 heavy (non-hydrogen) atoms. The molecular formula is C28H27N3O5S2. The maximum absolute atomic E-state index is 12.8. The van der Waals surface area contributed by atoms with Crippen LogP contribution in [0.5, 0.6) is 17.2 Å². The summed E-state index contributed by atoms with van der Waals surface area (Å²) in [5.41, 5.74) is 2.76. The van der Waals surface area contributed by atoms with Gasteiger partial charge in [-0.15, -0.1) is 23.1 Å². The minimum atomic E-state index is -0.361. The number of amides is 2. The Labute approximate surface area is 229 Å². The van der Waals surface area contributed by atoms with Gasteiger partial charge in [-0.3, -0.25) is 9.59 Å². The molecule has 196 valence electrons. The highest BCUT2D eigenvalue weighted by atomic mass is 32.2. The number of hydrogen-bond acceptors (Lipinski definition) is 8. The number of rotatable bonds is 10. The fraction of sp³-hybridized carbons (Fsp3) is 0.179. The lowest BCUT2D eigenvalue weighted by Crippen LogP contribution is -2.22. The number of nitrogens with zero attached hydrogens (tertiary/aromatic N) is 1. The van der Waals surface area contributed by atoms with E-state index in [1.807, 2.05) is 42.6 Å². The molecule has 2 amide bonds. The highest BCUT2D eigenvalue weighted by molar-refractivity contribution is 8.00. The van der Waals surface area contributed by atoms with Crippen LogP contribution in [-0.4, -0.2) is 43.4 Å². The Balaban J connectivity index is 1.33. The Hall–Kier alpha value is -4.02. The largest absolute Gasteiger partial charge is 0.497 e. The van der Waals surface area contributed by atoms with E-state index in [1.165, 1.54) is 23.1 Å². The maximum Gasteiger partial charge on any atom is 0.255 e. The van der Waals surface area contributed by atoms with Crippen molar-refractivity contribution >= 4 is 45.7 Å². The number of ether oxygens (including phenoxy) is 3. The second-order valence-corrected chi connectivity index (χ2v) is 10.3. The molecule has 8 nitrogen and oxygen atoms in total. The zero-order valence-electron chi connectivity index (χ0n) is 21.3. The average molecular weight is 550 g/mol. The molecule has 1 atom stereocenters. The van der Waals surface area contributed by atoms with Crippen molar-refractivity contribution in [2.75, 3.05) is 32.0 Å². The van der Waals surface area contributed by atoms with Gasteiger partial charge in [-0.1, -0.05) is 6.07 Å². The van der Waals surface area contributed by atoms with Crippen LogP contribution in [0, 0.1) is 0 Å². The van der Waals surface area contributed by atoms with Crippen LogP contribution in [-0.2, 0) is 4.79 Å². The Kier molecular flexibility index (Phi) is 8.88. The number of thioether (sulfide) groups is 1. The van der Waals surface area contributed by atoms with Crippen LogP contribution in [0.25, 0.3) is 11.3 Å². The normalized spacial score (nSPS) is 11.4. The van der Waals surface area contributed by atoms with Crippen LogP contribution in [0.1, 0.15) is 17.3 Å². The number of thiazole rings is 1. The summed E-state index contributed by atoms with van der Waals surface area (Å²) >= 11 is 2.77. The average Bonchev–Trinajstić information content (AvgIpc) is 3.42. The highest BCUT2D eigenvalue weighted by Gasteiger charge is 2.17. The topological polar surface area (TPSA) is 98.8 Å². The van der Waals surface area contributed by atoms with Crippen molar-refractivity contribution in [1.82, 2.24) is 4.98 Å². The molecule has 4 rings (SSSR count). The Bertz CT molecular complexity index is 1420. The van der Waals surface area contributed by atoms with Gasteiger partial charge in [-0.2, -0.15) is 0 Å². The Morgan fingerprint density at radius 3 is 2.37 bits per heavy atom. The SMILES string of the molecule is COc1cccc(C(=O)Nc2ccc(SC(C)C(=O)Nc3nc(-c4ccc(OC)c(OC)c4)cs3)cc2)c1. The third-order valence-electron chi connectivity index (χ3n) is 5.54. The first kappa shape index (κ1) is 27.0. The quantitative estimate of drug-likeness (QED) is 0.227.